The number of nitrogens with one attached hydrogen (secondary N) is 1. The molecule has 2 aromatic rings. The van der Waals surface area contributed by atoms with Gasteiger partial charge in [0.15, 0.2) is 0 Å². The molecule has 1 atom stereocenters. The van der Waals surface area contributed by atoms with Crippen LogP contribution in [0.25, 0.3) is 0 Å². The van der Waals surface area contributed by atoms with Gasteiger partial charge in [0, 0.05) is 18.2 Å². The van der Waals surface area contributed by atoms with Crippen LogP contribution in [0.4, 0.5) is 23.2 Å². The lowest BCUT2D eigenvalue weighted by atomic mass is 10.0. The number of benzene rings is 2. The van der Waals surface area contributed by atoms with Gasteiger partial charge in [-0.1, -0.05) is 31.4 Å². The van der Waals surface area contributed by atoms with Crippen LogP contribution in [0.1, 0.15) is 50.7 Å². The number of carbonyl (C=O) groups is 2. The summed E-state index contributed by atoms with van der Waals surface area (Å²) in [4.78, 5) is 25.4. The zero-order chi connectivity index (χ0) is 26.2. The minimum absolute atomic E-state index is 0.00862. The first kappa shape index (κ1) is 27.9. The molecule has 2 rings (SSSR count). The molecule has 0 aliphatic heterocycles. The number of hydrogen-bond acceptors (Lipinski definition) is 5. The molecule has 0 aliphatic rings. The molecule has 0 spiro atoms. The Morgan fingerprint density at radius 1 is 1.14 bits per heavy atom. The number of ether oxygens (including phenoxy) is 2. The van der Waals surface area contributed by atoms with Crippen LogP contribution in [0, 0.1) is 17.1 Å². The first-order chi connectivity index (χ1) is 16.4. The van der Waals surface area contributed by atoms with Gasteiger partial charge in [-0.05, 0) is 43.7 Å². The third-order valence-electron chi connectivity index (χ3n) is 4.91. The van der Waals surface area contributed by atoms with Crippen LogP contribution in [-0.4, -0.2) is 24.1 Å². The fraction of sp³-hybridized carbons (Fsp3) is 0.375. The van der Waals surface area contributed by atoms with E-state index in [0.717, 1.165) is 31.0 Å². The Morgan fingerprint density at radius 3 is 2.46 bits per heavy atom. The number of rotatable bonds is 10. The van der Waals surface area contributed by atoms with Crippen molar-refractivity contribution in [2.45, 2.75) is 51.3 Å². The molecule has 0 fully saturated rings. The second kappa shape index (κ2) is 11.9. The third-order valence-corrected chi connectivity index (χ3v) is 5.22. The summed E-state index contributed by atoms with van der Waals surface area (Å²) in [7, 11) is 0. The lowest BCUT2D eigenvalue weighted by molar-refractivity contribution is -0.167. The standard InChI is InChI=1S/C24H23ClF4N2O4/c1-3-4-5-6-21(32)35-23(2,14-34-17-9-10-19(25)20(26)12-17)22(33)31-16-8-7-15(13-30)18(11-16)24(27,28)29/h7-12H,3-6,14H2,1-2H3,(H,31,33)/t23-/m0/s1. The van der Waals surface area contributed by atoms with Gasteiger partial charge in [0.25, 0.3) is 5.91 Å². The van der Waals surface area contributed by atoms with E-state index in [1.54, 1.807) is 0 Å². The topological polar surface area (TPSA) is 88.4 Å². The second-order valence-electron chi connectivity index (χ2n) is 7.85. The van der Waals surface area contributed by atoms with Gasteiger partial charge in [0.1, 0.15) is 18.2 Å². The van der Waals surface area contributed by atoms with Gasteiger partial charge in [0.2, 0.25) is 5.60 Å². The van der Waals surface area contributed by atoms with Crippen molar-refractivity contribution < 1.29 is 36.6 Å². The zero-order valence-electron chi connectivity index (χ0n) is 19.0. The van der Waals surface area contributed by atoms with Crippen LogP contribution in [0.2, 0.25) is 5.02 Å². The first-order valence-corrected chi connectivity index (χ1v) is 11.0. The van der Waals surface area contributed by atoms with Crippen LogP contribution in [0.15, 0.2) is 36.4 Å². The van der Waals surface area contributed by atoms with Crippen LogP contribution in [0.3, 0.4) is 0 Å². The van der Waals surface area contributed by atoms with Crippen LogP contribution in [-0.2, 0) is 20.5 Å². The number of hydrogen-bond donors (Lipinski definition) is 1. The van der Waals surface area contributed by atoms with E-state index in [1.165, 1.54) is 25.1 Å². The normalized spacial score (nSPS) is 12.9. The summed E-state index contributed by atoms with van der Waals surface area (Å²) in [6, 6.07) is 7.63. The Morgan fingerprint density at radius 2 is 1.86 bits per heavy atom. The molecule has 0 radical (unpaired) electrons. The molecule has 0 heterocycles. The van der Waals surface area contributed by atoms with Gasteiger partial charge in [-0.2, -0.15) is 18.4 Å². The molecular weight excluding hydrogens is 492 g/mol. The smallest absolute Gasteiger partial charge is 0.417 e. The predicted octanol–water partition coefficient (Wildman–Crippen LogP) is 6.27. The van der Waals surface area contributed by atoms with Crippen molar-refractivity contribution in [1.29, 1.82) is 5.26 Å². The molecule has 0 aliphatic carbocycles. The molecule has 35 heavy (non-hydrogen) atoms. The number of esters is 1. The maximum atomic E-state index is 13.7. The summed E-state index contributed by atoms with van der Waals surface area (Å²) in [6.07, 6.45) is -2.70. The van der Waals surface area contributed by atoms with Gasteiger partial charge in [-0.3, -0.25) is 9.59 Å². The monoisotopic (exact) mass is 514 g/mol. The van der Waals surface area contributed by atoms with Crippen molar-refractivity contribution in [3.63, 3.8) is 0 Å². The Bertz CT molecular complexity index is 1120. The van der Waals surface area contributed by atoms with Gasteiger partial charge in [0.05, 0.1) is 22.2 Å². The molecular formula is C24H23ClF4N2O4. The number of nitriles is 1. The van der Waals surface area contributed by atoms with E-state index in [0.29, 0.717) is 12.5 Å². The number of amides is 1. The molecule has 0 saturated heterocycles. The highest BCUT2D eigenvalue weighted by Crippen LogP contribution is 2.34. The average molecular weight is 515 g/mol. The summed E-state index contributed by atoms with van der Waals surface area (Å²) in [5, 5.41) is 11.1. The van der Waals surface area contributed by atoms with Gasteiger partial charge < -0.3 is 14.8 Å². The molecule has 1 amide bonds. The lowest BCUT2D eigenvalue weighted by Crippen LogP contribution is -2.49. The summed E-state index contributed by atoms with van der Waals surface area (Å²) < 4.78 is 64.4. The summed E-state index contributed by atoms with van der Waals surface area (Å²) in [6.45, 7) is 2.59. The van der Waals surface area contributed by atoms with Crippen molar-refractivity contribution >= 4 is 29.2 Å². The molecule has 6 nitrogen and oxygen atoms in total. The predicted molar refractivity (Wildman–Crippen MR) is 120 cm³/mol. The van der Waals surface area contributed by atoms with Crippen molar-refractivity contribution in [2.24, 2.45) is 0 Å². The van der Waals surface area contributed by atoms with E-state index in [2.05, 4.69) is 5.32 Å². The second-order valence-corrected chi connectivity index (χ2v) is 8.26. The largest absolute Gasteiger partial charge is 0.489 e. The van der Waals surface area contributed by atoms with Crippen LogP contribution in [0.5, 0.6) is 5.75 Å². The van der Waals surface area contributed by atoms with E-state index < -0.39 is 47.2 Å². The molecule has 11 heteroatoms. The van der Waals surface area contributed by atoms with Gasteiger partial charge in [-0.25, -0.2) is 4.39 Å². The number of unbranched alkanes of at least 4 members (excludes halogenated alkanes) is 2. The van der Waals surface area contributed by atoms with Crippen molar-refractivity contribution in [3.8, 4) is 11.8 Å². The van der Waals surface area contributed by atoms with E-state index in [4.69, 9.17) is 26.3 Å². The lowest BCUT2D eigenvalue weighted by Gasteiger charge is -2.28. The Hall–Kier alpha value is -3.32. The number of halogens is 5. The van der Waals surface area contributed by atoms with Crippen LogP contribution < -0.4 is 10.1 Å². The molecule has 0 bridgehead atoms. The third kappa shape index (κ3) is 7.86. The maximum Gasteiger partial charge on any atom is 0.417 e. The van der Waals surface area contributed by atoms with Gasteiger partial charge >= 0.3 is 12.1 Å². The molecule has 0 saturated carbocycles. The van der Waals surface area contributed by atoms with Gasteiger partial charge in [-0.15, -0.1) is 0 Å². The molecule has 0 aromatic heterocycles. The van der Waals surface area contributed by atoms with E-state index in [-0.39, 0.29) is 22.9 Å². The van der Waals surface area contributed by atoms with E-state index in [1.807, 2.05) is 6.92 Å². The Kier molecular flexibility index (Phi) is 9.48. The zero-order valence-corrected chi connectivity index (χ0v) is 19.7. The SMILES string of the molecule is CCCCCC(=O)O[C@@](C)(COc1ccc(Cl)c(F)c1)C(=O)Nc1ccc(C#N)c(C(F)(F)F)c1. The number of nitrogens with zero attached hydrogens (tertiary/aromatic N) is 1. The first-order valence-electron chi connectivity index (χ1n) is 10.6. The van der Waals surface area contributed by atoms with Crippen molar-refractivity contribution in [2.75, 3.05) is 11.9 Å². The quantitative estimate of drug-likeness (QED) is 0.229. The fourth-order valence-corrected chi connectivity index (χ4v) is 3.09. The minimum Gasteiger partial charge on any atom is -0.489 e. The molecule has 0 unspecified atom stereocenters. The van der Waals surface area contributed by atoms with Crippen molar-refractivity contribution in [3.05, 3.63) is 58.4 Å². The summed E-state index contributed by atoms with van der Waals surface area (Å²) >= 11 is 5.64. The molecule has 188 valence electrons. The molecule has 2 aromatic carbocycles. The van der Waals surface area contributed by atoms with E-state index in [9.17, 15) is 27.2 Å². The Labute approximate surface area is 204 Å². The minimum atomic E-state index is -4.83. The molecule has 1 N–H and O–H groups in total. The highest BCUT2D eigenvalue weighted by Gasteiger charge is 2.40. The number of anilines is 1. The fourth-order valence-electron chi connectivity index (χ4n) is 2.97. The van der Waals surface area contributed by atoms with Crippen LogP contribution >= 0.6 is 11.6 Å². The highest BCUT2D eigenvalue weighted by molar-refractivity contribution is 6.30. The average Bonchev–Trinajstić information content (AvgIpc) is 2.79. The summed E-state index contributed by atoms with van der Waals surface area (Å²) in [5.74, 6) is -2.47. The highest BCUT2D eigenvalue weighted by atomic mass is 35.5. The number of alkyl halides is 3. The van der Waals surface area contributed by atoms with E-state index >= 15 is 0 Å². The Balaban J connectivity index is 2.28. The maximum absolute atomic E-state index is 13.7. The van der Waals surface area contributed by atoms with Crippen molar-refractivity contribution in [1.82, 2.24) is 0 Å². The number of carbonyl (C=O) groups excluding carboxylic acids is 2. The summed E-state index contributed by atoms with van der Waals surface area (Å²) in [5.41, 5.74) is -4.10.